The fraction of sp³-hybridized carbons (Fsp3) is 0.176. The monoisotopic (exact) mass is 346 g/mol. The van der Waals surface area contributed by atoms with Crippen LogP contribution in [0.15, 0.2) is 51.7 Å². The van der Waals surface area contributed by atoms with E-state index >= 15 is 0 Å². The summed E-state index contributed by atoms with van der Waals surface area (Å²) in [4.78, 5) is 24.0. The van der Waals surface area contributed by atoms with Gasteiger partial charge in [0.05, 0.1) is 23.3 Å². The van der Waals surface area contributed by atoms with Crippen molar-refractivity contribution in [1.29, 1.82) is 0 Å². The second kappa shape index (κ2) is 6.80. The lowest BCUT2D eigenvalue weighted by molar-refractivity contribution is -0.116. The first-order valence-electron chi connectivity index (χ1n) is 7.30. The molecule has 0 aliphatic rings. The zero-order valence-electron chi connectivity index (χ0n) is 12.9. The molecule has 1 N–H and O–H groups in total. The third-order valence-electron chi connectivity index (χ3n) is 3.58. The molecule has 0 spiro atoms. The predicted octanol–water partition coefficient (Wildman–Crippen LogP) is 3.29. The number of hydrogen-bond donors (Lipinski definition) is 1. The summed E-state index contributed by atoms with van der Waals surface area (Å²) in [6, 6.07) is 12.1. The standard InChI is InChI=1S/C17H15ClN2O4/c1-23-11-6-7-12(18)13(10-11)19-16(21)8-9-20-14-4-2-3-5-15(14)24-17(20)22/h2-7,10H,8-9H2,1H3,(H,19,21). The fourth-order valence-electron chi connectivity index (χ4n) is 2.38. The van der Waals surface area contributed by atoms with Gasteiger partial charge in [-0.1, -0.05) is 23.7 Å². The molecule has 0 saturated carbocycles. The molecular formula is C17H15ClN2O4. The van der Waals surface area contributed by atoms with Crippen LogP contribution in [-0.4, -0.2) is 17.6 Å². The maximum Gasteiger partial charge on any atom is 0.419 e. The molecule has 1 aromatic heterocycles. The van der Waals surface area contributed by atoms with Gasteiger partial charge in [-0.15, -0.1) is 0 Å². The number of amides is 1. The number of nitrogens with zero attached hydrogens (tertiary/aromatic N) is 1. The molecule has 7 heteroatoms. The molecule has 1 amide bonds. The third-order valence-corrected chi connectivity index (χ3v) is 3.91. The number of methoxy groups -OCH3 is 1. The van der Waals surface area contributed by atoms with Crippen LogP contribution in [0.3, 0.4) is 0 Å². The molecule has 0 atom stereocenters. The number of para-hydroxylation sites is 2. The molecule has 0 aliphatic carbocycles. The van der Waals surface area contributed by atoms with Crippen LogP contribution in [-0.2, 0) is 11.3 Å². The first kappa shape index (κ1) is 16.1. The van der Waals surface area contributed by atoms with Gasteiger partial charge in [0, 0.05) is 19.0 Å². The molecule has 0 saturated heterocycles. The van der Waals surface area contributed by atoms with Crippen molar-refractivity contribution in [2.24, 2.45) is 0 Å². The molecule has 0 radical (unpaired) electrons. The van der Waals surface area contributed by atoms with Crippen LogP contribution in [0, 0.1) is 0 Å². The number of fused-ring (bicyclic) bond motifs is 1. The third kappa shape index (κ3) is 3.28. The van der Waals surface area contributed by atoms with Gasteiger partial charge >= 0.3 is 5.76 Å². The minimum absolute atomic E-state index is 0.108. The summed E-state index contributed by atoms with van der Waals surface area (Å²) in [5, 5.41) is 3.13. The molecule has 2 aromatic carbocycles. The van der Waals surface area contributed by atoms with Crippen LogP contribution < -0.4 is 15.8 Å². The van der Waals surface area contributed by atoms with E-state index in [1.54, 1.807) is 36.4 Å². The normalized spacial score (nSPS) is 10.8. The first-order chi connectivity index (χ1) is 11.6. The molecule has 0 bridgehead atoms. The largest absolute Gasteiger partial charge is 0.497 e. The fourth-order valence-corrected chi connectivity index (χ4v) is 2.54. The maximum atomic E-state index is 12.2. The molecule has 124 valence electrons. The van der Waals surface area contributed by atoms with Crippen LogP contribution in [0.5, 0.6) is 5.75 Å². The number of carbonyl (C=O) groups is 1. The second-order valence-corrected chi connectivity index (χ2v) is 5.54. The molecule has 0 unspecified atom stereocenters. The number of benzene rings is 2. The zero-order valence-corrected chi connectivity index (χ0v) is 13.7. The van der Waals surface area contributed by atoms with Crippen LogP contribution in [0.2, 0.25) is 5.02 Å². The Kier molecular flexibility index (Phi) is 4.57. The van der Waals surface area contributed by atoms with Gasteiger partial charge in [-0.25, -0.2) is 4.79 Å². The summed E-state index contributed by atoms with van der Waals surface area (Å²) in [5.74, 6) is -0.155. The number of aromatic nitrogens is 1. The zero-order chi connectivity index (χ0) is 17.1. The summed E-state index contributed by atoms with van der Waals surface area (Å²) in [5.41, 5.74) is 1.62. The van der Waals surface area contributed by atoms with E-state index in [1.165, 1.54) is 11.7 Å². The number of carbonyl (C=O) groups excluding carboxylic acids is 1. The number of ether oxygens (including phenoxy) is 1. The van der Waals surface area contributed by atoms with Crippen LogP contribution >= 0.6 is 11.6 Å². The van der Waals surface area contributed by atoms with Gasteiger partial charge in [0.2, 0.25) is 5.91 Å². The summed E-state index contributed by atoms with van der Waals surface area (Å²) in [6.45, 7) is 0.212. The van der Waals surface area contributed by atoms with E-state index in [4.69, 9.17) is 20.8 Å². The van der Waals surface area contributed by atoms with Gasteiger partial charge < -0.3 is 14.5 Å². The van der Waals surface area contributed by atoms with Gasteiger partial charge in [-0.3, -0.25) is 9.36 Å². The van der Waals surface area contributed by atoms with E-state index in [2.05, 4.69) is 5.32 Å². The van der Waals surface area contributed by atoms with Crippen LogP contribution in [0.4, 0.5) is 5.69 Å². The van der Waals surface area contributed by atoms with E-state index in [-0.39, 0.29) is 18.9 Å². The highest BCUT2D eigenvalue weighted by molar-refractivity contribution is 6.33. The van der Waals surface area contributed by atoms with Crippen molar-refractivity contribution in [2.75, 3.05) is 12.4 Å². The summed E-state index contributed by atoms with van der Waals surface area (Å²) in [7, 11) is 1.53. The van der Waals surface area contributed by atoms with Crippen molar-refractivity contribution in [1.82, 2.24) is 4.57 Å². The van der Waals surface area contributed by atoms with Crippen molar-refractivity contribution in [3.63, 3.8) is 0 Å². The number of halogens is 1. The van der Waals surface area contributed by atoms with Crippen molar-refractivity contribution in [3.8, 4) is 5.75 Å². The number of rotatable bonds is 5. The Hall–Kier alpha value is -2.73. The van der Waals surface area contributed by atoms with Gasteiger partial charge in [0.15, 0.2) is 5.58 Å². The minimum Gasteiger partial charge on any atom is -0.497 e. The van der Waals surface area contributed by atoms with Crippen LogP contribution in [0.25, 0.3) is 11.1 Å². The smallest absolute Gasteiger partial charge is 0.419 e. The van der Waals surface area contributed by atoms with E-state index < -0.39 is 5.76 Å². The van der Waals surface area contributed by atoms with Crippen molar-refractivity contribution in [3.05, 3.63) is 58.0 Å². The van der Waals surface area contributed by atoms with Gasteiger partial charge in [0.25, 0.3) is 0 Å². The SMILES string of the molecule is COc1ccc(Cl)c(NC(=O)CCn2c(=O)oc3ccccc32)c1. The van der Waals surface area contributed by atoms with E-state index in [9.17, 15) is 9.59 Å². The number of oxazole rings is 1. The molecule has 3 rings (SSSR count). The summed E-state index contributed by atoms with van der Waals surface area (Å²) < 4.78 is 11.7. The quantitative estimate of drug-likeness (QED) is 0.769. The average molecular weight is 347 g/mol. The minimum atomic E-state index is -0.483. The number of anilines is 1. The lowest BCUT2D eigenvalue weighted by atomic mass is 10.2. The van der Waals surface area contributed by atoms with E-state index in [0.717, 1.165) is 0 Å². The molecule has 6 nitrogen and oxygen atoms in total. The van der Waals surface area contributed by atoms with Gasteiger partial charge in [0.1, 0.15) is 5.75 Å². The summed E-state index contributed by atoms with van der Waals surface area (Å²) in [6.07, 6.45) is 0.108. The van der Waals surface area contributed by atoms with Crippen LogP contribution in [0.1, 0.15) is 6.42 Å². The number of aryl methyl sites for hydroxylation is 1. The van der Waals surface area contributed by atoms with Crippen molar-refractivity contribution >= 4 is 34.3 Å². The Balaban J connectivity index is 1.72. The lowest BCUT2D eigenvalue weighted by Crippen LogP contribution is -2.20. The molecular weight excluding hydrogens is 332 g/mol. The van der Waals surface area contributed by atoms with E-state index in [0.29, 0.717) is 27.6 Å². The molecule has 0 aliphatic heterocycles. The van der Waals surface area contributed by atoms with Crippen molar-refractivity contribution in [2.45, 2.75) is 13.0 Å². The molecule has 3 aromatic rings. The first-order valence-corrected chi connectivity index (χ1v) is 7.68. The Morgan fingerprint density at radius 3 is 2.88 bits per heavy atom. The highest BCUT2D eigenvalue weighted by Crippen LogP contribution is 2.26. The molecule has 0 fully saturated rings. The van der Waals surface area contributed by atoms with Gasteiger partial charge in [-0.05, 0) is 24.3 Å². The Morgan fingerprint density at radius 2 is 2.08 bits per heavy atom. The topological polar surface area (TPSA) is 73.5 Å². The average Bonchev–Trinajstić information content (AvgIpc) is 2.90. The highest BCUT2D eigenvalue weighted by Gasteiger charge is 2.12. The maximum absolute atomic E-state index is 12.2. The summed E-state index contributed by atoms with van der Waals surface area (Å²) >= 11 is 6.06. The molecule has 24 heavy (non-hydrogen) atoms. The Morgan fingerprint density at radius 1 is 1.29 bits per heavy atom. The van der Waals surface area contributed by atoms with Crippen molar-refractivity contribution < 1.29 is 13.9 Å². The van der Waals surface area contributed by atoms with Gasteiger partial charge in [-0.2, -0.15) is 0 Å². The highest BCUT2D eigenvalue weighted by atomic mass is 35.5. The Labute approximate surface area is 142 Å². The number of nitrogens with one attached hydrogen (secondary N) is 1. The second-order valence-electron chi connectivity index (χ2n) is 5.13. The molecule has 1 heterocycles. The Bertz CT molecular complexity index is 945. The predicted molar refractivity (Wildman–Crippen MR) is 91.7 cm³/mol. The number of hydrogen-bond acceptors (Lipinski definition) is 4. The van der Waals surface area contributed by atoms with E-state index in [1.807, 2.05) is 6.07 Å². The lowest BCUT2D eigenvalue weighted by Gasteiger charge is -2.09.